The van der Waals surface area contributed by atoms with E-state index >= 15 is 0 Å². The third-order valence-corrected chi connectivity index (χ3v) is 8.36. The summed E-state index contributed by atoms with van der Waals surface area (Å²) in [6.07, 6.45) is 5.29. The van der Waals surface area contributed by atoms with E-state index in [1.54, 1.807) is 23.9 Å². The fraction of sp³-hybridized carbons (Fsp3) is 0.633. The van der Waals surface area contributed by atoms with Crippen molar-refractivity contribution in [1.82, 2.24) is 14.7 Å². The number of piperidine rings is 2. The minimum atomic E-state index is -2.74. The van der Waals surface area contributed by atoms with Gasteiger partial charge in [0.15, 0.2) is 5.60 Å². The minimum absolute atomic E-state index is 0.00176. The summed E-state index contributed by atoms with van der Waals surface area (Å²) in [6, 6.07) is 8.26. The van der Waals surface area contributed by atoms with Gasteiger partial charge in [-0.25, -0.2) is 4.79 Å². The van der Waals surface area contributed by atoms with Crippen LogP contribution in [-0.4, -0.2) is 129 Å². The van der Waals surface area contributed by atoms with E-state index in [-0.39, 0.29) is 11.8 Å². The highest BCUT2D eigenvalue weighted by Gasteiger charge is 2.41. The maximum Gasteiger partial charge on any atom is 0.336 e. The molecular formula is C30H44N4O9. The molecule has 1 atom stereocenters. The standard InChI is InChI=1S/C24H36N4O2.C6H8O7/c1-25(2)24(30)22-18-19-8-4-5-9-21(19)28(22)23(29)12-17-26-15-10-20(11-16-26)27-13-6-3-7-14-27;7-3(8)1-6(13,5(11)12)2-4(9)10/h4-5,8-9,20,22H,3,6-7,10-18H2,1-2H3;13H,1-2H2,(H,7,8)(H,9,10)(H,11,12). The third kappa shape index (κ3) is 9.22. The van der Waals surface area contributed by atoms with Gasteiger partial charge in [-0.2, -0.15) is 0 Å². The number of likely N-dealkylation sites (N-methyl/N-ethyl adjacent to an activating group) is 1. The van der Waals surface area contributed by atoms with Crippen molar-refractivity contribution in [2.75, 3.05) is 51.7 Å². The van der Waals surface area contributed by atoms with Gasteiger partial charge in [-0.15, -0.1) is 0 Å². The number of nitrogens with zero attached hydrogens (tertiary/aromatic N) is 4. The summed E-state index contributed by atoms with van der Waals surface area (Å²) in [5, 5.41) is 33.8. The molecule has 2 fully saturated rings. The number of likely N-dealkylation sites (tertiary alicyclic amines) is 2. The second kappa shape index (κ2) is 15.3. The van der Waals surface area contributed by atoms with E-state index in [1.165, 1.54) is 45.2 Å². The Morgan fingerprint density at radius 1 is 0.884 bits per heavy atom. The molecule has 2 amide bonds. The van der Waals surface area contributed by atoms with Crippen LogP contribution in [0.5, 0.6) is 0 Å². The molecule has 13 heteroatoms. The molecule has 0 bridgehead atoms. The lowest BCUT2D eigenvalue weighted by Gasteiger charge is -2.40. The van der Waals surface area contributed by atoms with Gasteiger partial charge in [0.05, 0.1) is 12.8 Å². The number of hydrogen-bond donors (Lipinski definition) is 4. The zero-order valence-corrected chi connectivity index (χ0v) is 25.0. The number of benzene rings is 1. The Morgan fingerprint density at radius 3 is 2.00 bits per heavy atom. The van der Waals surface area contributed by atoms with Gasteiger partial charge in [0.1, 0.15) is 6.04 Å². The molecule has 13 nitrogen and oxygen atoms in total. The summed E-state index contributed by atoms with van der Waals surface area (Å²) in [5.41, 5.74) is -0.739. The van der Waals surface area contributed by atoms with Crippen molar-refractivity contribution in [3.8, 4) is 0 Å². The summed E-state index contributed by atoms with van der Waals surface area (Å²) >= 11 is 0. The smallest absolute Gasteiger partial charge is 0.336 e. The average Bonchev–Trinajstić information content (AvgIpc) is 3.35. The fourth-order valence-electron chi connectivity index (χ4n) is 6.07. The summed E-state index contributed by atoms with van der Waals surface area (Å²) in [6.45, 7) is 5.46. The van der Waals surface area contributed by atoms with E-state index in [1.807, 2.05) is 24.3 Å². The summed E-state index contributed by atoms with van der Waals surface area (Å²) < 4.78 is 0. The van der Waals surface area contributed by atoms with Crippen LogP contribution in [0.4, 0.5) is 5.69 Å². The van der Waals surface area contributed by atoms with Crippen molar-refractivity contribution in [3.63, 3.8) is 0 Å². The molecular weight excluding hydrogens is 560 g/mol. The highest BCUT2D eigenvalue weighted by atomic mass is 16.4. The summed E-state index contributed by atoms with van der Waals surface area (Å²) in [4.78, 5) is 64.9. The number of carbonyl (C=O) groups is 5. The van der Waals surface area contributed by atoms with Crippen molar-refractivity contribution in [1.29, 1.82) is 0 Å². The highest BCUT2D eigenvalue weighted by Crippen LogP contribution is 2.33. The van der Waals surface area contributed by atoms with Gasteiger partial charge in [-0.1, -0.05) is 24.6 Å². The number of para-hydroxylation sites is 1. The number of hydrogen-bond acceptors (Lipinski definition) is 8. The SMILES string of the molecule is CN(C)C(=O)C1Cc2ccccc2N1C(=O)CCN1CCC(N2CCCCC2)CC1.O=C(O)CC(O)(CC(=O)O)C(=O)O. The quantitative estimate of drug-likeness (QED) is 0.301. The molecule has 238 valence electrons. The molecule has 1 aromatic rings. The van der Waals surface area contributed by atoms with Gasteiger partial charge in [-0.3, -0.25) is 24.1 Å². The maximum atomic E-state index is 13.2. The van der Waals surface area contributed by atoms with Gasteiger partial charge in [0.2, 0.25) is 11.8 Å². The fourth-order valence-corrected chi connectivity index (χ4v) is 6.07. The minimum Gasteiger partial charge on any atom is -0.481 e. The highest BCUT2D eigenvalue weighted by molar-refractivity contribution is 6.03. The lowest BCUT2D eigenvalue weighted by Crippen LogP contribution is -2.49. The van der Waals surface area contributed by atoms with E-state index in [0.29, 0.717) is 12.8 Å². The van der Waals surface area contributed by atoms with Crippen molar-refractivity contribution in [2.24, 2.45) is 0 Å². The number of carboxylic acid groups (broad SMARTS) is 3. The molecule has 43 heavy (non-hydrogen) atoms. The predicted octanol–water partition coefficient (Wildman–Crippen LogP) is 1.12. The van der Waals surface area contributed by atoms with Gasteiger partial charge in [-0.05, 0) is 63.5 Å². The van der Waals surface area contributed by atoms with Crippen LogP contribution < -0.4 is 4.90 Å². The monoisotopic (exact) mass is 604 g/mol. The number of aliphatic carboxylic acids is 3. The first-order chi connectivity index (χ1) is 20.3. The molecule has 0 aromatic heterocycles. The van der Waals surface area contributed by atoms with Crippen molar-refractivity contribution >= 4 is 35.4 Å². The topological polar surface area (TPSA) is 179 Å². The number of carbonyl (C=O) groups excluding carboxylic acids is 2. The molecule has 1 aromatic carbocycles. The van der Waals surface area contributed by atoms with E-state index < -0.39 is 42.4 Å². The second-order valence-electron chi connectivity index (χ2n) is 11.7. The molecule has 4 rings (SSSR count). The van der Waals surface area contributed by atoms with Crippen LogP contribution in [0, 0.1) is 0 Å². The Kier molecular flexibility index (Phi) is 12.0. The van der Waals surface area contributed by atoms with Gasteiger partial charge in [0, 0.05) is 45.2 Å². The molecule has 0 saturated carbocycles. The first kappa shape index (κ1) is 33.9. The van der Waals surface area contributed by atoms with Crippen molar-refractivity contribution < 1.29 is 44.4 Å². The molecule has 0 aliphatic carbocycles. The number of amides is 2. The molecule has 3 aliphatic rings. The number of anilines is 1. The molecule has 3 aliphatic heterocycles. The number of carboxylic acids is 3. The average molecular weight is 605 g/mol. The van der Waals surface area contributed by atoms with E-state index in [0.717, 1.165) is 36.9 Å². The number of rotatable bonds is 10. The summed E-state index contributed by atoms with van der Waals surface area (Å²) in [7, 11) is 3.53. The lowest BCUT2D eigenvalue weighted by molar-refractivity contribution is -0.170. The molecule has 4 N–H and O–H groups in total. The Labute approximate surface area is 251 Å². The second-order valence-corrected chi connectivity index (χ2v) is 11.7. The molecule has 3 heterocycles. The van der Waals surface area contributed by atoms with Crippen molar-refractivity contribution in [3.05, 3.63) is 29.8 Å². The largest absolute Gasteiger partial charge is 0.481 e. The van der Waals surface area contributed by atoms with Crippen LogP contribution >= 0.6 is 0 Å². The number of fused-ring (bicyclic) bond motifs is 1. The van der Waals surface area contributed by atoms with Crippen LogP contribution in [0.15, 0.2) is 24.3 Å². The van der Waals surface area contributed by atoms with E-state index in [4.69, 9.17) is 20.4 Å². The third-order valence-electron chi connectivity index (χ3n) is 8.36. The molecule has 1 unspecified atom stereocenters. The predicted molar refractivity (Wildman–Crippen MR) is 157 cm³/mol. The number of aliphatic hydroxyl groups is 1. The van der Waals surface area contributed by atoms with Crippen LogP contribution in [0.25, 0.3) is 0 Å². The van der Waals surface area contributed by atoms with Crippen LogP contribution in [0.3, 0.4) is 0 Å². The Hall–Kier alpha value is -3.55. The van der Waals surface area contributed by atoms with Gasteiger partial charge < -0.3 is 35.1 Å². The normalized spacial score (nSPS) is 19.6. The first-order valence-electron chi connectivity index (χ1n) is 14.8. The van der Waals surface area contributed by atoms with Crippen LogP contribution in [0.1, 0.15) is 56.9 Å². The van der Waals surface area contributed by atoms with Crippen LogP contribution in [0.2, 0.25) is 0 Å². The Balaban J connectivity index is 0.000000331. The lowest BCUT2D eigenvalue weighted by atomic mass is 9.96. The Bertz CT molecular complexity index is 1140. The Morgan fingerprint density at radius 2 is 1.47 bits per heavy atom. The zero-order valence-electron chi connectivity index (χ0n) is 25.0. The van der Waals surface area contributed by atoms with Crippen molar-refractivity contribution in [2.45, 2.75) is 75.5 Å². The van der Waals surface area contributed by atoms with Gasteiger partial charge >= 0.3 is 17.9 Å². The van der Waals surface area contributed by atoms with Crippen LogP contribution in [-0.2, 0) is 30.4 Å². The zero-order chi connectivity index (χ0) is 31.7. The molecule has 2 saturated heterocycles. The first-order valence-corrected chi connectivity index (χ1v) is 14.8. The van der Waals surface area contributed by atoms with E-state index in [9.17, 15) is 24.0 Å². The molecule has 0 spiro atoms. The summed E-state index contributed by atoms with van der Waals surface area (Å²) in [5.74, 6) is -4.95. The van der Waals surface area contributed by atoms with E-state index in [2.05, 4.69) is 9.80 Å². The molecule has 0 radical (unpaired) electrons. The van der Waals surface area contributed by atoms with Gasteiger partial charge in [0.25, 0.3) is 0 Å². The maximum absolute atomic E-state index is 13.2.